The SMILES string of the molecule is CC(=O)O[C@H]1[C@@H](O)[C@@H](CO)O[C@@H](O[C@@H](C=Nc2cnc([N+](=O)[O-])s2)[C@H](CO)O[C@H](O)C=Nc2cnc([N+](=O)[O-])s2)[C@@H]1O. The van der Waals surface area contributed by atoms with Crippen LogP contribution in [0.25, 0.3) is 0 Å². The molecule has 0 unspecified atom stereocenters. The first-order valence-electron chi connectivity index (χ1n) is 11.6. The molecule has 3 rings (SSSR count). The molecule has 230 valence electrons. The van der Waals surface area contributed by atoms with Crippen molar-refractivity contribution in [3.63, 3.8) is 0 Å². The molecule has 22 heteroatoms. The number of thiazole rings is 2. The van der Waals surface area contributed by atoms with Gasteiger partial charge in [0.1, 0.15) is 30.5 Å². The highest BCUT2D eigenvalue weighted by atomic mass is 32.1. The Balaban J connectivity index is 1.85. The summed E-state index contributed by atoms with van der Waals surface area (Å²) in [5, 5.41) is 71.9. The number of esters is 1. The summed E-state index contributed by atoms with van der Waals surface area (Å²) in [5.41, 5.74) is 0. The third kappa shape index (κ3) is 8.78. The Morgan fingerprint density at radius 3 is 2.14 bits per heavy atom. The zero-order valence-electron chi connectivity index (χ0n) is 21.3. The number of ether oxygens (including phenoxy) is 4. The van der Waals surface area contributed by atoms with Crippen molar-refractivity contribution in [2.45, 2.75) is 56.1 Å². The average molecular weight is 637 g/mol. The minimum atomic E-state index is -1.84. The molecule has 0 aliphatic carbocycles. The third-order valence-electron chi connectivity index (χ3n) is 5.23. The predicted octanol–water partition coefficient (Wildman–Crippen LogP) is -1.03. The van der Waals surface area contributed by atoms with Crippen LogP contribution >= 0.6 is 22.7 Å². The van der Waals surface area contributed by atoms with Gasteiger partial charge in [0, 0.05) is 13.1 Å². The van der Waals surface area contributed by atoms with E-state index in [9.17, 15) is 50.6 Å². The molecule has 0 bridgehead atoms. The Morgan fingerprint density at radius 1 is 1.10 bits per heavy atom. The smallest absolute Gasteiger partial charge is 0.425 e. The molecule has 1 aliphatic rings. The Bertz CT molecular complexity index is 1290. The Morgan fingerprint density at radius 2 is 1.67 bits per heavy atom. The van der Waals surface area contributed by atoms with Gasteiger partial charge >= 0.3 is 16.2 Å². The van der Waals surface area contributed by atoms with Crippen LogP contribution in [-0.4, -0.2) is 126 Å². The van der Waals surface area contributed by atoms with Gasteiger partial charge in [0.2, 0.25) is 0 Å². The van der Waals surface area contributed by atoms with Crippen molar-refractivity contribution in [2.24, 2.45) is 9.98 Å². The zero-order valence-corrected chi connectivity index (χ0v) is 22.9. The summed E-state index contributed by atoms with van der Waals surface area (Å²) in [4.78, 5) is 46.7. The lowest BCUT2D eigenvalue weighted by Gasteiger charge is -2.42. The first-order chi connectivity index (χ1) is 19.9. The molecular formula is C20H24N6O14S2. The maximum atomic E-state index is 11.5. The molecule has 0 saturated carbocycles. The van der Waals surface area contributed by atoms with Crippen LogP contribution < -0.4 is 0 Å². The van der Waals surface area contributed by atoms with E-state index < -0.39 is 88.5 Å². The highest BCUT2D eigenvalue weighted by molar-refractivity contribution is 7.18. The molecule has 0 spiro atoms. The number of nitro groups is 2. The molecule has 0 aromatic carbocycles. The normalized spacial score (nSPS) is 25.0. The van der Waals surface area contributed by atoms with Crippen molar-refractivity contribution in [3.05, 3.63) is 32.6 Å². The van der Waals surface area contributed by atoms with Crippen molar-refractivity contribution in [1.82, 2.24) is 9.97 Å². The quantitative estimate of drug-likeness (QED) is 0.0544. The Labute approximate surface area is 242 Å². The second kappa shape index (κ2) is 15.1. The second-order valence-electron chi connectivity index (χ2n) is 8.16. The number of nitrogens with zero attached hydrogens (tertiary/aromatic N) is 6. The van der Waals surface area contributed by atoms with Crippen LogP contribution in [0.3, 0.4) is 0 Å². The fourth-order valence-electron chi connectivity index (χ4n) is 3.39. The molecule has 0 amide bonds. The van der Waals surface area contributed by atoms with Gasteiger partial charge in [-0.3, -0.25) is 4.79 Å². The average Bonchev–Trinajstić information content (AvgIpc) is 3.62. The molecule has 2 aromatic heterocycles. The van der Waals surface area contributed by atoms with Crippen LogP contribution in [0.15, 0.2) is 22.4 Å². The number of aliphatic imine (C=N–C) groups is 2. The number of hydrogen-bond donors (Lipinski definition) is 5. The molecule has 2 aromatic rings. The van der Waals surface area contributed by atoms with E-state index in [1.807, 2.05) is 0 Å². The monoisotopic (exact) mass is 636 g/mol. The molecular weight excluding hydrogens is 612 g/mol. The molecule has 1 fully saturated rings. The zero-order chi connectivity index (χ0) is 31.0. The molecule has 5 N–H and O–H groups in total. The molecule has 1 aliphatic heterocycles. The molecule has 3 heterocycles. The molecule has 0 radical (unpaired) electrons. The highest BCUT2D eigenvalue weighted by Crippen LogP contribution is 2.30. The second-order valence-corrected chi connectivity index (χ2v) is 10.1. The number of carbonyl (C=O) groups excluding carboxylic acids is 1. The van der Waals surface area contributed by atoms with E-state index in [-0.39, 0.29) is 10.0 Å². The van der Waals surface area contributed by atoms with Crippen LogP contribution in [0.4, 0.5) is 20.3 Å². The summed E-state index contributed by atoms with van der Waals surface area (Å²) in [6.45, 7) is -0.621. The minimum absolute atomic E-state index is 0.0208. The van der Waals surface area contributed by atoms with Crippen molar-refractivity contribution >= 4 is 61.3 Å². The van der Waals surface area contributed by atoms with Crippen molar-refractivity contribution in [2.75, 3.05) is 13.2 Å². The highest BCUT2D eigenvalue weighted by Gasteiger charge is 2.48. The third-order valence-corrected chi connectivity index (χ3v) is 6.94. The fraction of sp³-hybridized carbons (Fsp3) is 0.550. The van der Waals surface area contributed by atoms with Crippen molar-refractivity contribution in [1.29, 1.82) is 0 Å². The molecule has 20 nitrogen and oxygen atoms in total. The standard InChI is InChI=1S/C20H24N6O14S2/c1-8(29)37-17-15(31)11(7-28)40-18(16(17)32)39-9(2-21-12-3-23-19(41-12)25(33)34)10(6-27)38-14(30)5-22-13-4-24-20(42-13)26(35)36/h2-5,9-11,14-18,27-28,30-32H,6-7H2,1H3/t9-,10-,11+,14-,15-,16+,17-,18+/m0/s1. The van der Waals surface area contributed by atoms with E-state index in [0.29, 0.717) is 22.7 Å². The van der Waals surface area contributed by atoms with Gasteiger partial charge in [-0.1, -0.05) is 0 Å². The van der Waals surface area contributed by atoms with Crippen LogP contribution in [-0.2, 0) is 23.7 Å². The minimum Gasteiger partial charge on any atom is -0.457 e. The van der Waals surface area contributed by atoms with Gasteiger partial charge in [-0.2, -0.15) is 0 Å². The topological polar surface area (TPSA) is 292 Å². The number of hydrogen-bond acceptors (Lipinski definition) is 20. The fourth-order valence-corrected chi connectivity index (χ4v) is 4.57. The number of aliphatic hydroxyl groups is 5. The molecule has 1 saturated heterocycles. The van der Waals surface area contributed by atoms with E-state index in [4.69, 9.17) is 18.9 Å². The van der Waals surface area contributed by atoms with E-state index >= 15 is 0 Å². The summed E-state index contributed by atoms with van der Waals surface area (Å²) in [5.74, 6) is -0.870. The largest absolute Gasteiger partial charge is 0.457 e. The van der Waals surface area contributed by atoms with Crippen molar-refractivity contribution < 1.29 is 59.1 Å². The Hall–Kier alpha value is -3.45. The summed E-state index contributed by atoms with van der Waals surface area (Å²) >= 11 is 1.20. The van der Waals surface area contributed by atoms with E-state index in [2.05, 4.69) is 20.0 Å². The van der Waals surface area contributed by atoms with Crippen LogP contribution in [0.5, 0.6) is 0 Å². The molecule has 8 atom stereocenters. The van der Waals surface area contributed by atoms with Gasteiger partial charge in [-0.25, -0.2) is 9.98 Å². The van der Waals surface area contributed by atoms with Crippen LogP contribution in [0.2, 0.25) is 0 Å². The number of aromatic nitrogens is 2. The van der Waals surface area contributed by atoms with Gasteiger partial charge in [-0.15, -0.1) is 0 Å². The van der Waals surface area contributed by atoms with Gasteiger partial charge < -0.3 is 64.7 Å². The van der Waals surface area contributed by atoms with Crippen molar-refractivity contribution in [3.8, 4) is 0 Å². The van der Waals surface area contributed by atoms with Gasteiger partial charge in [0.05, 0.1) is 19.4 Å². The number of aliphatic hydroxyl groups excluding tert-OH is 5. The van der Waals surface area contributed by atoms with E-state index in [1.165, 1.54) is 0 Å². The van der Waals surface area contributed by atoms with Gasteiger partial charge in [-0.05, 0) is 42.5 Å². The summed E-state index contributed by atoms with van der Waals surface area (Å²) in [6, 6.07) is 0. The van der Waals surface area contributed by atoms with E-state index in [1.54, 1.807) is 0 Å². The predicted molar refractivity (Wildman–Crippen MR) is 140 cm³/mol. The lowest BCUT2D eigenvalue weighted by Crippen LogP contribution is -2.61. The summed E-state index contributed by atoms with van der Waals surface area (Å²) in [6.07, 6.45) is -9.09. The number of rotatable bonds is 14. The lowest BCUT2D eigenvalue weighted by atomic mass is 9.99. The first-order valence-corrected chi connectivity index (χ1v) is 13.2. The summed E-state index contributed by atoms with van der Waals surface area (Å²) < 4.78 is 21.4. The Kier molecular flexibility index (Phi) is 11.9. The van der Waals surface area contributed by atoms with Gasteiger partial charge in [0.15, 0.2) is 41.1 Å². The maximum Gasteiger partial charge on any atom is 0.425 e. The number of carbonyl (C=O) groups is 1. The van der Waals surface area contributed by atoms with Crippen LogP contribution in [0, 0.1) is 20.2 Å². The van der Waals surface area contributed by atoms with E-state index in [0.717, 1.165) is 31.7 Å². The molecule has 42 heavy (non-hydrogen) atoms. The summed E-state index contributed by atoms with van der Waals surface area (Å²) in [7, 11) is 0. The lowest BCUT2D eigenvalue weighted by molar-refractivity contribution is -0.384. The maximum absolute atomic E-state index is 11.5. The van der Waals surface area contributed by atoms with Crippen LogP contribution in [0.1, 0.15) is 6.92 Å². The van der Waals surface area contributed by atoms with Gasteiger partial charge in [0.25, 0.3) is 0 Å². The first kappa shape index (κ1) is 33.1.